The molecule has 118 valence electrons. The molecule has 2 N–H and O–H groups in total. The van der Waals surface area contributed by atoms with Gasteiger partial charge in [-0.05, 0) is 50.2 Å². The molecule has 1 aromatic carbocycles. The van der Waals surface area contributed by atoms with Crippen LogP contribution in [0.4, 0.5) is 5.69 Å². The Balaban J connectivity index is 1.44. The fourth-order valence-corrected chi connectivity index (χ4v) is 4.35. The van der Waals surface area contributed by atoms with Gasteiger partial charge in [0.05, 0.1) is 12.0 Å². The Hall–Kier alpha value is -1.39. The van der Waals surface area contributed by atoms with Gasteiger partial charge < -0.3 is 15.4 Å². The molecule has 0 unspecified atom stereocenters. The summed E-state index contributed by atoms with van der Waals surface area (Å²) in [5.41, 5.74) is 1.94. The van der Waals surface area contributed by atoms with E-state index in [0.29, 0.717) is 12.1 Å². The number of ether oxygens (including phenoxy) is 1. The zero-order valence-electron chi connectivity index (χ0n) is 12.9. The number of anilines is 1. The van der Waals surface area contributed by atoms with Gasteiger partial charge in [0, 0.05) is 24.4 Å². The van der Waals surface area contributed by atoms with Crippen LogP contribution in [0.5, 0.6) is 0 Å². The van der Waals surface area contributed by atoms with E-state index >= 15 is 0 Å². The number of benzene rings is 1. The van der Waals surface area contributed by atoms with Crippen molar-refractivity contribution >= 4 is 11.6 Å². The van der Waals surface area contributed by atoms with Crippen molar-refractivity contribution < 1.29 is 9.53 Å². The van der Waals surface area contributed by atoms with Crippen LogP contribution in [0.3, 0.4) is 0 Å². The number of hydrogen-bond donors (Lipinski definition) is 2. The maximum absolute atomic E-state index is 12.6. The normalized spacial score (nSPS) is 34.5. The number of rotatable bonds is 2. The van der Waals surface area contributed by atoms with Crippen LogP contribution in [0.2, 0.25) is 0 Å². The van der Waals surface area contributed by atoms with Crippen LogP contribution < -0.4 is 10.6 Å². The molecule has 2 fully saturated rings. The van der Waals surface area contributed by atoms with Gasteiger partial charge in [-0.25, -0.2) is 0 Å². The summed E-state index contributed by atoms with van der Waals surface area (Å²) in [5.74, 6) is 0.202. The lowest BCUT2D eigenvalue weighted by atomic mass is 9.69. The molecule has 1 amide bonds. The Morgan fingerprint density at radius 3 is 2.73 bits per heavy atom. The number of para-hydroxylation sites is 1. The Morgan fingerprint density at radius 1 is 1.14 bits per heavy atom. The number of nitrogens with one attached hydrogen (secondary N) is 2. The van der Waals surface area contributed by atoms with E-state index in [1.807, 2.05) is 18.2 Å². The van der Waals surface area contributed by atoms with Crippen molar-refractivity contribution in [2.75, 3.05) is 18.5 Å². The Labute approximate surface area is 131 Å². The minimum absolute atomic E-state index is 0.202. The second-order valence-corrected chi connectivity index (χ2v) is 6.94. The van der Waals surface area contributed by atoms with E-state index in [0.717, 1.165) is 51.0 Å². The molecule has 1 aromatic rings. The van der Waals surface area contributed by atoms with Gasteiger partial charge in [-0.2, -0.15) is 0 Å². The molecule has 0 bridgehead atoms. The van der Waals surface area contributed by atoms with Crippen molar-refractivity contribution in [2.24, 2.45) is 0 Å². The van der Waals surface area contributed by atoms with E-state index in [2.05, 4.69) is 16.7 Å². The van der Waals surface area contributed by atoms with Crippen LogP contribution in [-0.4, -0.2) is 31.2 Å². The topological polar surface area (TPSA) is 50.4 Å². The number of hydrogen-bond acceptors (Lipinski definition) is 3. The van der Waals surface area contributed by atoms with Crippen molar-refractivity contribution in [1.82, 2.24) is 5.32 Å². The highest BCUT2D eigenvalue weighted by atomic mass is 16.5. The van der Waals surface area contributed by atoms with Gasteiger partial charge in [0.15, 0.2) is 0 Å². The summed E-state index contributed by atoms with van der Waals surface area (Å²) >= 11 is 0. The van der Waals surface area contributed by atoms with Gasteiger partial charge in [-0.1, -0.05) is 18.2 Å². The summed E-state index contributed by atoms with van der Waals surface area (Å²) in [6, 6.07) is 9.20. The smallest absolute Gasteiger partial charge is 0.235 e. The minimum atomic E-state index is -0.280. The molecule has 1 saturated carbocycles. The molecule has 4 nitrogen and oxygen atoms in total. The molecule has 4 rings (SSSR count). The molecule has 0 radical (unpaired) electrons. The molecular formula is C18H24N2O2. The van der Waals surface area contributed by atoms with Gasteiger partial charge in [0.25, 0.3) is 0 Å². The SMILES string of the molecule is O=C1Nc2ccccc2C12CCC(N[C@@H]1CCCOC1)CC2. The molecule has 3 aliphatic rings. The quantitative estimate of drug-likeness (QED) is 0.882. The van der Waals surface area contributed by atoms with Crippen LogP contribution in [0.15, 0.2) is 24.3 Å². The Morgan fingerprint density at radius 2 is 1.95 bits per heavy atom. The van der Waals surface area contributed by atoms with Gasteiger partial charge in [-0.15, -0.1) is 0 Å². The Kier molecular flexibility index (Phi) is 3.66. The van der Waals surface area contributed by atoms with E-state index in [1.165, 1.54) is 12.0 Å². The molecule has 2 aliphatic heterocycles. The molecule has 0 aromatic heterocycles. The first kappa shape index (κ1) is 14.2. The second kappa shape index (κ2) is 5.67. The van der Waals surface area contributed by atoms with Crippen molar-refractivity contribution in [1.29, 1.82) is 0 Å². The highest BCUT2D eigenvalue weighted by molar-refractivity contribution is 6.06. The summed E-state index contributed by atoms with van der Waals surface area (Å²) in [6.07, 6.45) is 6.40. The summed E-state index contributed by atoms with van der Waals surface area (Å²) < 4.78 is 5.55. The highest BCUT2D eigenvalue weighted by Crippen LogP contribution is 2.47. The summed E-state index contributed by atoms with van der Waals surface area (Å²) in [7, 11) is 0. The molecule has 1 atom stereocenters. The molecule has 2 heterocycles. The average Bonchev–Trinajstić information content (AvgIpc) is 2.83. The predicted octanol–water partition coefficient (Wildman–Crippen LogP) is 2.59. The maximum atomic E-state index is 12.6. The summed E-state index contributed by atoms with van der Waals surface area (Å²) in [4.78, 5) is 12.6. The van der Waals surface area contributed by atoms with Crippen LogP contribution in [0.25, 0.3) is 0 Å². The van der Waals surface area contributed by atoms with E-state index in [-0.39, 0.29) is 11.3 Å². The van der Waals surface area contributed by atoms with E-state index in [4.69, 9.17) is 4.74 Å². The monoisotopic (exact) mass is 300 g/mol. The third kappa shape index (κ3) is 2.34. The number of carbonyl (C=O) groups excluding carboxylic acids is 1. The lowest BCUT2D eigenvalue weighted by molar-refractivity contribution is -0.122. The molecule has 1 spiro atoms. The second-order valence-electron chi connectivity index (χ2n) is 6.94. The number of fused-ring (bicyclic) bond motifs is 2. The third-order valence-corrected chi connectivity index (χ3v) is 5.60. The van der Waals surface area contributed by atoms with Crippen LogP contribution >= 0.6 is 0 Å². The van der Waals surface area contributed by atoms with Crippen molar-refractivity contribution in [3.05, 3.63) is 29.8 Å². The van der Waals surface area contributed by atoms with Crippen LogP contribution in [0.1, 0.15) is 44.1 Å². The largest absolute Gasteiger partial charge is 0.380 e. The average molecular weight is 300 g/mol. The number of amides is 1. The molecule has 22 heavy (non-hydrogen) atoms. The zero-order chi connectivity index (χ0) is 15.0. The van der Waals surface area contributed by atoms with Crippen LogP contribution in [0, 0.1) is 0 Å². The van der Waals surface area contributed by atoms with Gasteiger partial charge in [0.2, 0.25) is 5.91 Å². The molecule has 4 heteroatoms. The number of carbonyl (C=O) groups is 1. The van der Waals surface area contributed by atoms with Gasteiger partial charge in [0.1, 0.15) is 0 Å². The van der Waals surface area contributed by atoms with Gasteiger partial charge >= 0.3 is 0 Å². The van der Waals surface area contributed by atoms with E-state index in [9.17, 15) is 4.79 Å². The highest BCUT2D eigenvalue weighted by Gasteiger charge is 2.48. The first-order valence-corrected chi connectivity index (χ1v) is 8.53. The lowest BCUT2D eigenvalue weighted by Crippen LogP contribution is -2.48. The first-order chi connectivity index (χ1) is 10.8. The standard InChI is InChI=1S/C18H24N2O2/c21-17-18(15-5-1-2-6-16(15)20-17)9-7-13(8-10-18)19-14-4-3-11-22-12-14/h1-2,5-6,13-14,19H,3-4,7-12H2,(H,20,21)/t13?,14-,18?/m1/s1. The van der Waals surface area contributed by atoms with E-state index < -0.39 is 0 Å². The maximum Gasteiger partial charge on any atom is 0.235 e. The van der Waals surface area contributed by atoms with E-state index in [1.54, 1.807) is 0 Å². The minimum Gasteiger partial charge on any atom is -0.380 e. The molecule has 1 saturated heterocycles. The predicted molar refractivity (Wildman–Crippen MR) is 86.0 cm³/mol. The molecule has 1 aliphatic carbocycles. The van der Waals surface area contributed by atoms with Gasteiger partial charge in [-0.3, -0.25) is 4.79 Å². The van der Waals surface area contributed by atoms with Crippen LogP contribution in [-0.2, 0) is 14.9 Å². The summed E-state index contributed by atoms with van der Waals surface area (Å²) in [6.45, 7) is 1.74. The fraction of sp³-hybridized carbons (Fsp3) is 0.611. The summed E-state index contributed by atoms with van der Waals surface area (Å²) in [5, 5.41) is 6.82. The van der Waals surface area contributed by atoms with Crippen molar-refractivity contribution in [3.63, 3.8) is 0 Å². The van der Waals surface area contributed by atoms with Crippen molar-refractivity contribution in [2.45, 2.75) is 56.0 Å². The fourth-order valence-electron chi connectivity index (χ4n) is 4.35. The zero-order valence-corrected chi connectivity index (χ0v) is 12.9. The Bertz CT molecular complexity index is 558. The third-order valence-electron chi connectivity index (χ3n) is 5.60. The molecular weight excluding hydrogens is 276 g/mol. The lowest BCUT2D eigenvalue weighted by Gasteiger charge is -2.38. The first-order valence-electron chi connectivity index (χ1n) is 8.53. The van der Waals surface area contributed by atoms with Crippen molar-refractivity contribution in [3.8, 4) is 0 Å².